The van der Waals surface area contributed by atoms with E-state index >= 15 is 0 Å². The largest absolute Gasteiger partial charge is 0.467 e. The molecule has 0 aliphatic carbocycles. The predicted octanol–water partition coefficient (Wildman–Crippen LogP) is 4.65. The van der Waals surface area contributed by atoms with Crippen LogP contribution in [0.1, 0.15) is 35.9 Å². The fourth-order valence-corrected chi connectivity index (χ4v) is 3.17. The molecule has 172 valence electrons. The van der Waals surface area contributed by atoms with Gasteiger partial charge in [0.1, 0.15) is 5.76 Å². The minimum absolute atomic E-state index is 0.0546. The molecule has 33 heavy (non-hydrogen) atoms. The van der Waals surface area contributed by atoms with Gasteiger partial charge in [-0.05, 0) is 55.0 Å². The number of halogens is 1. The topological polar surface area (TPSA) is 112 Å². The number of rotatable bonds is 10. The molecule has 0 aliphatic rings. The van der Waals surface area contributed by atoms with Crippen LogP contribution in [0.3, 0.4) is 0 Å². The standard InChI is InChI=1S/C24H25ClN4O4/c1-2-5-22(30)28-18-9-10-20(25)21(13-18)26-15-23(31)29-17-7-3-6-16(12-17)24(32)27-14-19-8-4-11-33-19/h3-4,6-13,26H,2,5,14-15H2,1H3,(H,27,32)(H,28,30)(H,29,31). The number of amides is 3. The smallest absolute Gasteiger partial charge is 0.251 e. The number of hydrogen-bond acceptors (Lipinski definition) is 5. The third kappa shape index (κ3) is 7.40. The molecule has 3 rings (SSSR count). The highest BCUT2D eigenvalue weighted by atomic mass is 35.5. The van der Waals surface area contributed by atoms with Crippen LogP contribution in [-0.4, -0.2) is 24.3 Å². The highest BCUT2D eigenvalue weighted by Crippen LogP contribution is 2.25. The summed E-state index contributed by atoms with van der Waals surface area (Å²) in [5.41, 5.74) is 2.01. The molecule has 9 heteroatoms. The normalized spacial score (nSPS) is 10.4. The van der Waals surface area contributed by atoms with Crippen molar-refractivity contribution in [1.29, 1.82) is 0 Å². The van der Waals surface area contributed by atoms with Crippen molar-refractivity contribution < 1.29 is 18.8 Å². The van der Waals surface area contributed by atoms with Gasteiger partial charge in [0.15, 0.2) is 0 Å². The van der Waals surface area contributed by atoms with Crippen molar-refractivity contribution in [3.63, 3.8) is 0 Å². The quantitative estimate of drug-likeness (QED) is 0.346. The van der Waals surface area contributed by atoms with Gasteiger partial charge in [0.25, 0.3) is 5.91 Å². The minimum atomic E-state index is -0.320. The number of carbonyl (C=O) groups is 3. The van der Waals surface area contributed by atoms with Crippen molar-refractivity contribution >= 4 is 46.4 Å². The molecule has 4 N–H and O–H groups in total. The SMILES string of the molecule is CCCC(=O)Nc1ccc(Cl)c(NCC(=O)Nc2cccc(C(=O)NCc3ccco3)c2)c1. The lowest BCUT2D eigenvalue weighted by molar-refractivity contribution is -0.116. The molecule has 1 heterocycles. The molecule has 1 aromatic heterocycles. The maximum atomic E-state index is 12.4. The van der Waals surface area contributed by atoms with Crippen LogP contribution in [0.2, 0.25) is 5.02 Å². The summed E-state index contributed by atoms with van der Waals surface area (Å²) < 4.78 is 5.20. The van der Waals surface area contributed by atoms with Crippen molar-refractivity contribution in [3.05, 3.63) is 77.2 Å². The van der Waals surface area contributed by atoms with Crippen LogP contribution >= 0.6 is 11.6 Å². The summed E-state index contributed by atoms with van der Waals surface area (Å²) >= 11 is 6.20. The van der Waals surface area contributed by atoms with Crippen LogP contribution in [0.25, 0.3) is 0 Å². The highest BCUT2D eigenvalue weighted by molar-refractivity contribution is 6.33. The molecular formula is C24H25ClN4O4. The average Bonchev–Trinajstić information content (AvgIpc) is 3.32. The molecule has 2 aromatic carbocycles. The number of anilines is 3. The van der Waals surface area contributed by atoms with E-state index in [4.69, 9.17) is 16.0 Å². The molecule has 0 bridgehead atoms. The van der Waals surface area contributed by atoms with Crippen LogP contribution in [0.5, 0.6) is 0 Å². The lowest BCUT2D eigenvalue weighted by Crippen LogP contribution is -2.24. The fraction of sp³-hybridized carbons (Fsp3) is 0.208. The van der Waals surface area contributed by atoms with Gasteiger partial charge >= 0.3 is 0 Å². The first-order chi connectivity index (χ1) is 15.9. The first-order valence-electron chi connectivity index (χ1n) is 10.5. The van der Waals surface area contributed by atoms with E-state index in [0.29, 0.717) is 39.8 Å². The van der Waals surface area contributed by atoms with Crippen LogP contribution in [-0.2, 0) is 16.1 Å². The zero-order valence-corrected chi connectivity index (χ0v) is 18.9. The molecule has 0 fully saturated rings. The van der Waals surface area contributed by atoms with Crippen molar-refractivity contribution in [3.8, 4) is 0 Å². The third-order valence-corrected chi connectivity index (χ3v) is 4.91. The van der Waals surface area contributed by atoms with Crippen LogP contribution in [0, 0.1) is 0 Å². The zero-order chi connectivity index (χ0) is 23.6. The molecule has 0 radical (unpaired) electrons. The van der Waals surface area contributed by atoms with Gasteiger partial charge in [-0.3, -0.25) is 14.4 Å². The number of furan rings is 1. The molecule has 0 spiro atoms. The van der Waals surface area contributed by atoms with Crippen LogP contribution in [0.15, 0.2) is 65.3 Å². The Bertz CT molecular complexity index is 1120. The van der Waals surface area contributed by atoms with Gasteiger partial charge in [0.2, 0.25) is 11.8 Å². The molecule has 0 saturated heterocycles. The van der Waals surface area contributed by atoms with E-state index in [2.05, 4.69) is 21.3 Å². The number of hydrogen-bond donors (Lipinski definition) is 4. The summed E-state index contributed by atoms with van der Waals surface area (Å²) in [5, 5.41) is 11.7. The summed E-state index contributed by atoms with van der Waals surface area (Å²) in [6.45, 7) is 2.14. The Morgan fingerprint density at radius 3 is 2.48 bits per heavy atom. The molecule has 3 aromatic rings. The van der Waals surface area contributed by atoms with Crippen LogP contribution < -0.4 is 21.3 Å². The fourth-order valence-electron chi connectivity index (χ4n) is 2.99. The molecule has 3 amide bonds. The van der Waals surface area contributed by atoms with E-state index in [9.17, 15) is 14.4 Å². The van der Waals surface area contributed by atoms with Crippen molar-refractivity contribution in [1.82, 2.24) is 5.32 Å². The van der Waals surface area contributed by atoms with E-state index < -0.39 is 0 Å². The Morgan fingerprint density at radius 1 is 0.939 bits per heavy atom. The molecule has 0 atom stereocenters. The maximum absolute atomic E-state index is 12.4. The van der Waals surface area contributed by atoms with E-state index in [1.807, 2.05) is 6.92 Å². The highest BCUT2D eigenvalue weighted by Gasteiger charge is 2.10. The molecule has 0 saturated carbocycles. The maximum Gasteiger partial charge on any atom is 0.251 e. The van der Waals surface area contributed by atoms with Gasteiger partial charge in [-0.25, -0.2) is 0 Å². The molecule has 0 aliphatic heterocycles. The Kier molecular flexibility index (Phi) is 8.49. The van der Waals surface area contributed by atoms with Gasteiger partial charge in [0, 0.05) is 23.4 Å². The van der Waals surface area contributed by atoms with Crippen molar-refractivity contribution in [2.45, 2.75) is 26.3 Å². The van der Waals surface area contributed by atoms with E-state index in [1.165, 1.54) is 6.26 Å². The first-order valence-corrected chi connectivity index (χ1v) is 10.9. The van der Waals surface area contributed by atoms with Gasteiger partial charge in [-0.1, -0.05) is 24.6 Å². The van der Waals surface area contributed by atoms with Crippen molar-refractivity contribution in [2.75, 3.05) is 22.5 Å². The lowest BCUT2D eigenvalue weighted by atomic mass is 10.2. The first kappa shape index (κ1) is 23.9. The monoisotopic (exact) mass is 468 g/mol. The Labute approximate surface area is 196 Å². The third-order valence-electron chi connectivity index (χ3n) is 4.58. The van der Waals surface area contributed by atoms with Crippen molar-refractivity contribution in [2.24, 2.45) is 0 Å². The second-order valence-corrected chi connectivity index (χ2v) is 7.64. The predicted molar refractivity (Wildman–Crippen MR) is 128 cm³/mol. The number of benzene rings is 2. The van der Waals surface area contributed by atoms with E-state index in [1.54, 1.807) is 54.6 Å². The van der Waals surface area contributed by atoms with E-state index in [0.717, 1.165) is 6.42 Å². The average molecular weight is 469 g/mol. The van der Waals surface area contributed by atoms with Crippen LogP contribution in [0.4, 0.5) is 17.1 Å². The Morgan fingerprint density at radius 2 is 1.73 bits per heavy atom. The van der Waals surface area contributed by atoms with E-state index in [-0.39, 0.29) is 30.8 Å². The lowest BCUT2D eigenvalue weighted by Gasteiger charge is -2.12. The summed E-state index contributed by atoms with van der Waals surface area (Å²) in [4.78, 5) is 36.6. The molecule has 0 unspecified atom stereocenters. The van der Waals surface area contributed by atoms with Gasteiger partial charge in [-0.2, -0.15) is 0 Å². The van der Waals surface area contributed by atoms with Gasteiger partial charge in [0.05, 0.1) is 30.1 Å². The number of nitrogens with one attached hydrogen (secondary N) is 4. The van der Waals surface area contributed by atoms with Gasteiger partial charge < -0.3 is 25.7 Å². The summed E-state index contributed by atoms with van der Waals surface area (Å²) in [7, 11) is 0. The summed E-state index contributed by atoms with van der Waals surface area (Å²) in [6, 6.07) is 15.2. The number of carbonyl (C=O) groups excluding carboxylic acids is 3. The molecule has 8 nitrogen and oxygen atoms in total. The molecular weight excluding hydrogens is 444 g/mol. The minimum Gasteiger partial charge on any atom is -0.467 e. The summed E-state index contributed by atoms with van der Waals surface area (Å²) in [6.07, 6.45) is 2.71. The second kappa shape index (κ2) is 11.7. The second-order valence-electron chi connectivity index (χ2n) is 7.24. The zero-order valence-electron chi connectivity index (χ0n) is 18.1. The Hall–Kier alpha value is -3.78. The summed E-state index contributed by atoms with van der Waals surface area (Å²) in [5.74, 6) is -0.0443. The Balaban J connectivity index is 1.54. The van der Waals surface area contributed by atoms with Gasteiger partial charge in [-0.15, -0.1) is 0 Å².